The van der Waals surface area contributed by atoms with E-state index >= 15 is 0 Å². The molecule has 0 fully saturated rings. The highest BCUT2D eigenvalue weighted by Crippen LogP contribution is 2.24. The first-order valence-corrected chi connectivity index (χ1v) is 6.20. The molecule has 0 saturated heterocycles. The minimum atomic E-state index is -0.600. The van der Waals surface area contributed by atoms with Crippen molar-refractivity contribution in [1.29, 1.82) is 5.26 Å². The Labute approximate surface area is 125 Å². The van der Waals surface area contributed by atoms with Gasteiger partial charge in [0.25, 0.3) is 11.6 Å². The zero-order valence-electron chi connectivity index (χ0n) is 11.1. The van der Waals surface area contributed by atoms with Crippen molar-refractivity contribution >= 4 is 29.3 Å². The van der Waals surface area contributed by atoms with Gasteiger partial charge in [-0.1, -0.05) is 11.6 Å². The van der Waals surface area contributed by atoms with Crippen molar-refractivity contribution in [1.82, 2.24) is 5.32 Å². The number of hydrogen-bond donors (Lipinski definition) is 1. The monoisotopic (exact) mass is 309 g/mol. The van der Waals surface area contributed by atoms with Gasteiger partial charge in [-0.15, -0.1) is 0 Å². The van der Waals surface area contributed by atoms with Crippen LogP contribution in [0.4, 0.5) is 5.69 Å². The number of ether oxygens (including phenoxy) is 1. The zero-order chi connectivity index (χ0) is 15.8. The van der Waals surface area contributed by atoms with E-state index in [1.807, 2.05) is 0 Å². The van der Waals surface area contributed by atoms with Gasteiger partial charge in [0.15, 0.2) is 0 Å². The fraction of sp³-hybridized carbons (Fsp3) is 0.231. The number of nitrogens with one attached hydrogen (secondary N) is 1. The summed E-state index contributed by atoms with van der Waals surface area (Å²) in [6, 6.07) is 5.51. The number of non-ortho nitro benzene ring substituents is 1. The van der Waals surface area contributed by atoms with Gasteiger partial charge in [-0.25, -0.2) is 0 Å². The molecule has 7 nitrogen and oxygen atoms in total. The van der Waals surface area contributed by atoms with Crippen molar-refractivity contribution in [3.05, 3.63) is 44.5 Å². The molecule has 21 heavy (non-hydrogen) atoms. The third kappa shape index (κ3) is 4.87. The Kier molecular flexibility index (Phi) is 6.33. The van der Waals surface area contributed by atoms with E-state index in [0.717, 1.165) is 0 Å². The molecule has 0 aromatic heterocycles. The summed E-state index contributed by atoms with van der Waals surface area (Å²) in [7, 11) is 1.48. The van der Waals surface area contributed by atoms with E-state index in [4.69, 9.17) is 21.6 Å². The molecule has 0 bridgehead atoms. The highest BCUT2D eigenvalue weighted by molar-refractivity contribution is 6.32. The molecular weight excluding hydrogens is 298 g/mol. The Bertz CT molecular complexity index is 622. The van der Waals surface area contributed by atoms with Crippen molar-refractivity contribution in [2.24, 2.45) is 0 Å². The van der Waals surface area contributed by atoms with E-state index in [0.29, 0.717) is 6.61 Å². The number of carbonyl (C=O) groups is 1. The molecule has 1 aromatic carbocycles. The van der Waals surface area contributed by atoms with Gasteiger partial charge in [-0.05, 0) is 12.1 Å². The van der Waals surface area contributed by atoms with Gasteiger partial charge in [0.2, 0.25) is 0 Å². The average molecular weight is 310 g/mol. The number of carbonyl (C=O) groups excluding carboxylic acids is 1. The highest BCUT2D eigenvalue weighted by atomic mass is 35.5. The average Bonchev–Trinajstić information content (AvgIpc) is 2.46. The third-order valence-corrected chi connectivity index (χ3v) is 2.79. The van der Waals surface area contributed by atoms with Crippen molar-refractivity contribution in [2.75, 3.05) is 20.3 Å². The zero-order valence-corrected chi connectivity index (χ0v) is 11.9. The molecule has 0 unspecified atom stereocenters. The molecule has 110 valence electrons. The maximum atomic E-state index is 11.7. The number of amides is 1. The van der Waals surface area contributed by atoms with Crippen LogP contribution in [0.1, 0.15) is 5.56 Å². The topological polar surface area (TPSA) is 105 Å². The normalized spacial score (nSPS) is 10.8. The number of rotatable bonds is 6. The van der Waals surface area contributed by atoms with Gasteiger partial charge in [-0.3, -0.25) is 14.9 Å². The van der Waals surface area contributed by atoms with Crippen LogP contribution in [-0.2, 0) is 9.53 Å². The van der Waals surface area contributed by atoms with E-state index in [2.05, 4.69) is 5.32 Å². The Morgan fingerprint density at radius 1 is 1.62 bits per heavy atom. The van der Waals surface area contributed by atoms with E-state index < -0.39 is 10.8 Å². The van der Waals surface area contributed by atoms with Crippen LogP contribution in [0, 0.1) is 21.4 Å². The summed E-state index contributed by atoms with van der Waals surface area (Å²) in [4.78, 5) is 21.9. The number of methoxy groups -OCH3 is 1. The van der Waals surface area contributed by atoms with Crippen LogP contribution in [0.15, 0.2) is 23.8 Å². The minimum Gasteiger partial charge on any atom is -0.383 e. The summed E-state index contributed by atoms with van der Waals surface area (Å²) in [5.41, 5.74) is -0.152. The summed E-state index contributed by atoms with van der Waals surface area (Å²) >= 11 is 5.91. The molecule has 0 aliphatic carbocycles. The molecule has 0 atom stereocenters. The predicted octanol–water partition coefficient (Wildman–Crippen LogP) is 1.92. The molecule has 0 heterocycles. The lowest BCUT2D eigenvalue weighted by Crippen LogP contribution is -2.27. The van der Waals surface area contributed by atoms with Crippen molar-refractivity contribution in [3.63, 3.8) is 0 Å². The SMILES string of the molecule is COCCNC(=O)/C(C#N)=C/c1cc([N+](=O)[O-])ccc1Cl. The highest BCUT2D eigenvalue weighted by Gasteiger charge is 2.12. The Morgan fingerprint density at radius 2 is 2.33 bits per heavy atom. The maximum absolute atomic E-state index is 11.7. The molecule has 8 heteroatoms. The lowest BCUT2D eigenvalue weighted by Gasteiger charge is -2.04. The minimum absolute atomic E-state index is 0.178. The van der Waals surface area contributed by atoms with E-state index in [-0.39, 0.29) is 28.4 Å². The van der Waals surface area contributed by atoms with E-state index in [9.17, 15) is 14.9 Å². The molecule has 0 aliphatic heterocycles. The standard InChI is InChI=1S/C13H12ClN3O4/c1-21-5-4-16-13(18)10(8-15)6-9-7-11(17(19)20)2-3-12(9)14/h2-3,6-7H,4-5H2,1H3,(H,16,18)/b10-6+. The molecule has 0 saturated carbocycles. The Balaban J connectivity index is 3.03. The molecule has 1 N–H and O–H groups in total. The second-order valence-electron chi connectivity index (χ2n) is 3.88. The predicted molar refractivity (Wildman–Crippen MR) is 76.6 cm³/mol. The van der Waals surface area contributed by atoms with Crippen LogP contribution in [-0.4, -0.2) is 31.1 Å². The quantitative estimate of drug-likeness (QED) is 0.284. The fourth-order valence-corrected chi connectivity index (χ4v) is 1.59. The van der Waals surface area contributed by atoms with Gasteiger partial charge in [0, 0.05) is 36.4 Å². The largest absolute Gasteiger partial charge is 0.383 e. The molecule has 1 amide bonds. The van der Waals surface area contributed by atoms with Gasteiger partial charge in [0.05, 0.1) is 11.5 Å². The lowest BCUT2D eigenvalue weighted by atomic mass is 10.1. The lowest BCUT2D eigenvalue weighted by molar-refractivity contribution is -0.384. The molecule has 1 rings (SSSR count). The number of nitriles is 1. The number of benzene rings is 1. The molecule has 0 spiro atoms. The summed E-state index contributed by atoms with van der Waals surface area (Å²) in [5, 5.41) is 22.4. The second kappa shape index (κ2) is 7.99. The molecular formula is C13H12ClN3O4. The first-order chi connectivity index (χ1) is 9.99. The van der Waals surface area contributed by atoms with Gasteiger partial charge in [0.1, 0.15) is 11.6 Å². The third-order valence-electron chi connectivity index (χ3n) is 2.45. The molecule has 1 aromatic rings. The Morgan fingerprint density at radius 3 is 2.90 bits per heavy atom. The second-order valence-corrected chi connectivity index (χ2v) is 4.29. The fourth-order valence-electron chi connectivity index (χ4n) is 1.42. The Hall–Kier alpha value is -2.43. The molecule has 0 aliphatic rings. The number of nitro benzene ring substituents is 1. The van der Waals surface area contributed by atoms with Crippen LogP contribution in [0.2, 0.25) is 5.02 Å². The van der Waals surface area contributed by atoms with Crippen molar-refractivity contribution in [3.8, 4) is 6.07 Å². The van der Waals surface area contributed by atoms with Crippen molar-refractivity contribution in [2.45, 2.75) is 0 Å². The van der Waals surface area contributed by atoms with E-state index in [1.165, 1.54) is 31.4 Å². The summed E-state index contributed by atoms with van der Waals surface area (Å²) in [5.74, 6) is -0.600. The van der Waals surface area contributed by atoms with Crippen molar-refractivity contribution < 1.29 is 14.5 Å². The van der Waals surface area contributed by atoms with Crippen LogP contribution in [0.5, 0.6) is 0 Å². The summed E-state index contributed by atoms with van der Waals surface area (Å²) < 4.78 is 4.77. The number of hydrogen-bond acceptors (Lipinski definition) is 5. The van der Waals surface area contributed by atoms with Crippen LogP contribution < -0.4 is 5.32 Å². The van der Waals surface area contributed by atoms with Gasteiger partial charge >= 0.3 is 0 Å². The maximum Gasteiger partial charge on any atom is 0.270 e. The first-order valence-electron chi connectivity index (χ1n) is 5.82. The van der Waals surface area contributed by atoms with Crippen LogP contribution in [0.3, 0.4) is 0 Å². The first kappa shape index (κ1) is 16.6. The van der Waals surface area contributed by atoms with Gasteiger partial charge in [-0.2, -0.15) is 5.26 Å². The molecule has 0 radical (unpaired) electrons. The summed E-state index contributed by atoms with van der Waals surface area (Å²) in [6.45, 7) is 0.555. The van der Waals surface area contributed by atoms with E-state index in [1.54, 1.807) is 6.07 Å². The number of nitro groups is 1. The summed E-state index contributed by atoms with van der Waals surface area (Å²) in [6.07, 6.45) is 1.21. The van der Waals surface area contributed by atoms with Crippen LogP contribution in [0.25, 0.3) is 6.08 Å². The van der Waals surface area contributed by atoms with Gasteiger partial charge < -0.3 is 10.1 Å². The smallest absolute Gasteiger partial charge is 0.270 e. The van der Waals surface area contributed by atoms with Crippen LogP contribution >= 0.6 is 11.6 Å². The number of halogens is 1. The number of nitrogens with zero attached hydrogens (tertiary/aromatic N) is 2.